The molecule has 4 rings (SSSR count). The molecule has 0 bridgehead atoms. The van der Waals surface area contributed by atoms with Gasteiger partial charge in [-0.2, -0.15) is 0 Å². The van der Waals surface area contributed by atoms with Gasteiger partial charge in [0, 0.05) is 29.7 Å². The molecular weight excluding hydrogens is 234 g/mol. The van der Waals surface area contributed by atoms with Crippen LogP contribution in [0.1, 0.15) is 24.3 Å². The molecule has 1 unspecified atom stereocenters. The van der Waals surface area contributed by atoms with Gasteiger partial charge < -0.3 is 10.3 Å². The lowest BCUT2D eigenvalue weighted by Gasteiger charge is -2.24. The van der Waals surface area contributed by atoms with E-state index in [0.717, 1.165) is 18.7 Å². The average Bonchev–Trinajstić information content (AvgIpc) is 2.96. The molecule has 3 heteroatoms. The van der Waals surface area contributed by atoms with Crippen molar-refractivity contribution in [3.05, 3.63) is 42.2 Å². The molecule has 3 nitrogen and oxygen atoms in total. The van der Waals surface area contributed by atoms with Gasteiger partial charge >= 0.3 is 0 Å². The maximum Gasteiger partial charge on any atom is 0.137 e. The summed E-state index contributed by atoms with van der Waals surface area (Å²) in [6.45, 7) is 2.25. The van der Waals surface area contributed by atoms with Crippen molar-refractivity contribution in [1.29, 1.82) is 0 Å². The van der Waals surface area contributed by atoms with Gasteiger partial charge in [0.05, 0.1) is 0 Å². The van der Waals surface area contributed by atoms with Crippen molar-refractivity contribution in [2.75, 3.05) is 13.1 Å². The van der Waals surface area contributed by atoms with Crippen LogP contribution in [-0.2, 0) is 0 Å². The summed E-state index contributed by atoms with van der Waals surface area (Å²) in [5, 5.41) is 7.39. The normalized spacial score (nSPS) is 20.1. The Bertz CT molecular complexity index is 723. The number of nitrogens with one attached hydrogen (secondary N) is 2. The first kappa shape index (κ1) is 11.0. The molecule has 1 aliphatic rings. The lowest BCUT2D eigenvalue weighted by Crippen LogP contribution is -2.28. The van der Waals surface area contributed by atoms with Gasteiger partial charge in [-0.15, -0.1) is 0 Å². The molecule has 2 aromatic heterocycles. The van der Waals surface area contributed by atoms with Crippen molar-refractivity contribution in [1.82, 2.24) is 15.3 Å². The summed E-state index contributed by atoms with van der Waals surface area (Å²) in [7, 11) is 0. The number of hydrogen-bond acceptors (Lipinski definition) is 2. The van der Waals surface area contributed by atoms with Gasteiger partial charge in [-0.1, -0.05) is 18.2 Å². The number of nitrogens with zero attached hydrogens (tertiary/aromatic N) is 1. The molecule has 0 radical (unpaired) electrons. The summed E-state index contributed by atoms with van der Waals surface area (Å²) in [4.78, 5) is 7.70. The third kappa shape index (κ3) is 1.73. The monoisotopic (exact) mass is 251 g/mol. The maximum atomic E-state index is 4.48. The second-order valence-electron chi connectivity index (χ2n) is 5.35. The predicted molar refractivity (Wildman–Crippen MR) is 78.4 cm³/mol. The zero-order valence-corrected chi connectivity index (χ0v) is 10.8. The van der Waals surface area contributed by atoms with Crippen LogP contribution < -0.4 is 5.32 Å². The van der Waals surface area contributed by atoms with E-state index in [1.54, 1.807) is 0 Å². The van der Waals surface area contributed by atoms with Crippen molar-refractivity contribution in [3.8, 4) is 0 Å². The standard InChI is InChI=1S/C16H17N3/c1-3-12-10-19-16-14(6-8-18-16)15(12)13(5-1)11-4-2-7-17-9-11/h1,3,5-6,8,10-11,17H,2,4,7,9H2,(H,18,19). The van der Waals surface area contributed by atoms with Crippen LogP contribution in [-0.4, -0.2) is 23.1 Å². The molecule has 0 aliphatic carbocycles. The van der Waals surface area contributed by atoms with Gasteiger partial charge in [-0.25, -0.2) is 4.98 Å². The third-order valence-corrected chi connectivity index (χ3v) is 4.19. The highest BCUT2D eigenvalue weighted by molar-refractivity contribution is 6.06. The van der Waals surface area contributed by atoms with E-state index < -0.39 is 0 Å². The molecule has 3 aromatic rings. The minimum absolute atomic E-state index is 0.623. The molecule has 1 saturated heterocycles. The van der Waals surface area contributed by atoms with Crippen molar-refractivity contribution in [2.45, 2.75) is 18.8 Å². The highest BCUT2D eigenvalue weighted by atomic mass is 14.9. The predicted octanol–water partition coefficient (Wildman–Crippen LogP) is 3.18. The quantitative estimate of drug-likeness (QED) is 0.697. The second kappa shape index (κ2) is 4.35. The lowest BCUT2D eigenvalue weighted by molar-refractivity contribution is 0.463. The third-order valence-electron chi connectivity index (χ3n) is 4.19. The number of hydrogen-bond donors (Lipinski definition) is 2. The Morgan fingerprint density at radius 3 is 3.11 bits per heavy atom. The van der Waals surface area contributed by atoms with Gasteiger partial charge in [0.1, 0.15) is 5.65 Å². The fraction of sp³-hybridized carbons (Fsp3) is 0.312. The number of H-pyrrole nitrogens is 1. The molecule has 19 heavy (non-hydrogen) atoms. The molecule has 3 heterocycles. The van der Waals surface area contributed by atoms with Gasteiger partial charge in [-0.05, 0) is 42.3 Å². The van der Waals surface area contributed by atoms with E-state index in [0.29, 0.717) is 5.92 Å². The summed E-state index contributed by atoms with van der Waals surface area (Å²) in [6, 6.07) is 8.75. The van der Waals surface area contributed by atoms with Gasteiger partial charge in [0.25, 0.3) is 0 Å². The first-order chi connectivity index (χ1) is 9.43. The summed E-state index contributed by atoms with van der Waals surface area (Å²) in [6.07, 6.45) is 6.50. The number of piperidine rings is 1. The molecule has 0 saturated carbocycles. The van der Waals surface area contributed by atoms with Gasteiger partial charge in [-0.3, -0.25) is 0 Å². The fourth-order valence-electron chi connectivity index (χ4n) is 3.27. The van der Waals surface area contributed by atoms with Crippen LogP contribution in [0.25, 0.3) is 21.8 Å². The van der Waals surface area contributed by atoms with Crippen molar-refractivity contribution < 1.29 is 0 Å². The van der Waals surface area contributed by atoms with E-state index in [1.165, 1.54) is 34.6 Å². The second-order valence-corrected chi connectivity index (χ2v) is 5.35. The Morgan fingerprint density at radius 1 is 1.21 bits per heavy atom. The molecule has 1 fully saturated rings. The minimum atomic E-state index is 0.623. The van der Waals surface area contributed by atoms with Crippen LogP contribution >= 0.6 is 0 Å². The topological polar surface area (TPSA) is 40.7 Å². The Balaban J connectivity index is 2.00. The molecule has 0 spiro atoms. The SMILES string of the molecule is c1cc(C2CCCNC2)c2c(c1)cnc1[nH]ccc12. The number of fused-ring (bicyclic) bond motifs is 3. The molecule has 1 atom stereocenters. The molecular formula is C16H17N3. The number of rotatable bonds is 1. The average molecular weight is 251 g/mol. The zero-order chi connectivity index (χ0) is 12.7. The number of aromatic nitrogens is 2. The van der Waals surface area contributed by atoms with E-state index in [9.17, 15) is 0 Å². The van der Waals surface area contributed by atoms with Crippen LogP contribution in [0.3, 0.4) is 0 Å². The van der Waals surface area contributed by atoms with E-state index in [4.69, 9.17) is 0 Å². The highest BCUT2D eigenvalue weighted by Gasteiger charge is 2.18. The molecule has 0 amide bonds. The smallest absolute Gasteiger partial charge is 0.137 e. The maximum absolute atomic E-state index is 4.48. The van der Waals surface area contributed by atoms with Crippen LogP contribution in [0.15, 0.2) is 36.7 Å². The highest BCUT2D eigenvalue weighted by Crippen LogP contribution is 2.33. The van der Waals surface area contributed by atoms with Gasteiger partial charge in [0.2, 0.25) is 0 Å². The van der Waals surface area contributed by atoms with E-state index in [-0.39, 0.29) is 0 Å². The Kier molecular flexibility index (Phi) is 2.52. The Morgan fingerprint density at radius 2 is 2.21 bits per heavy atom. The molecule has 96 valence electrons. The van der Waals surface area contributed by atoms with Crippen molar-refractivity contribution in [3.63, 3.8) is 0 Å². The Labute approximate surface area is 112 Å². The van der Waals surface area contributed by atoms with E-state index >= 15 is 0 Å². The molecule has 1 aliphatic heterocycles. The first-order valence-corrected chi connectivity index (χ1v) is 6.99. The van der Waals surface area contributed by atoms with Crippen LogP contribution in [0.5, 0.6) is 0 Å². The van der Waals surface area contributed by atoms with Crippen molar-refractivity contribution >= 4 is 21.8 Å². The summed E-state index contributed by atoms with van der Waals surface area (Å²) < 4.78 is 0. The van der Waals surface area contributed by atoms with E-state index in [1.807, 2.05) is 12.4 Å². The zero-order valence-electron chi connectivity index (χ0n) is 10.8. The number of pyridine rings is 1. The molecule has 1 aromatic carbocycles. The summed E-state index contributed by atoms with van der Waals surface area (Å²) >= 11 is 0. The fourth-order valence-corrected chi connectivity index (χ4v) is 3.27. The largest absolute Gasteiger partial charge is 0.346 e. The minimum Gasteiger partial charge on any atom is -0.346 e. The van der Waals surface area contributed by atoms with Crippen molar-refractivity contribution in [2.24, 2.45) is 0 Å². The molecule has 2 N–H and O–H groups in total. The first-order valence-electron chi connectivity index (χ1n) is 6.99. The van der Waals surface area contributed by atoms with E-state index in [2.05, 4.69) is 39.6 Å². The number of benzene rings is 1. The lowest BCUT2D eigenvalue weighted by atomic mass is 9.88. The Hall–Kier alpha value is -1.87. The van der Waals surface area contributed by atoms with Crippen LogP contribution in [0.2, 0.25) is 0 Å². The van der Waals surface area contributed by atoms with Crippen LogP contribution in [0.4, 0.5) is 0 Å². The summed E-state index contributed by atoms with van der Waals surface area (Å²) in [5.41, 5.74) is 2.46. The summed E-state index contributed by atoms with van der Waals surface area (Å²) in [5.74, 6) is 0.623. The van der Waals surface area contributed by atoms with Gasteiger partial charge in [0.15, 0.2) is 0 Å². The number of aromatic amines is 1. The van der Waals surface area contributed by atoms with Crippen LogP contribution in [0, 0.1) is 0 Å².